The van der Waals surface area contributed by atoms with Crippen molar-refractivity contribution < 1.29 is 0 Å². The summed E-state index contributed by atoms with van der Waals surface area (Å²) in [5.74, 6) is 0. The van der Waals surface area contributed by atoms with Gasteiger partial charge in [0.05, 0.1) is 16.4 Å². The fourth-order valence-corrected chi connectivity index (χ4v) is 12.5. The zero-order valence-electron chi connectivity index (χ0n) is 37.6. The summed E-state index contributed by atoms with van der Waals surface area (Å²) in [4.78, 5) is 2.48. The summed E-state index contributed by atoms with van der Waals surface area (Å²) in [6.07, 6.45) is 0. The molecule has 15 rings (SSSR count). The van der Waals surface area contributed by atoms with E-state index in [2.05, 4.69) is 264 Å². The fraction of sp³-hybridized carbons (Fsp3) is 0.0149. The van der Waals surface area contributed by atoms with Crippen LogP contribution in [0, 0.1) is 0 Å². The zero-order chi connectivity index (χ0) is 45.2. The molecule has 0 unspecified atom stereocenters. The molecule has 0 amide bonds. The van der Waals surface area contributed by atoms with Gasteiger partial charge in [0.1, 0.15) is 0 Å². The summed E-state index contributed by atoms with van der Waals surface area (Å²) in [7, 11) is 0. The van der Waals surface area contributed by atoms with Crippen LogP contribution in [0.4, 0.5) is 17.1 Å². The molecule has 12 aromatic carbocycles. The smallest absolute Gasteiger partial charge is 0.0725 e. The number of anilines is 3. The van der Waals surface area contributed by atoms with Crippen LogP contribution in [-0.4, -0.2) is 4.57 Å². The van der Waals surface area contributed by atoms with Gasteiger partial charge in [0.2, 0.25) is 0 Å². The average Bonchev–Trinajstić information content (AvgIpc) is 4.03. The topological polar surface area (TPSA) is 8.17 Å². The van der Waals surface area contributed by atoms with E-state index in [9.17, 15) is 0 Å². The van der Waals surface area contributed by atoms with Gasteiger partial charge in [0.15, 0.2) is 0 Å². The number of hydrogen-bond donors (Lipinski definition) is 0. The minimum absolute atomic E-state index is 0.409. The standard InChI is InChI=1S/C67H42N2/c1-2-18-45(19-3-1)69-65-32-15-11-28-57(65)60-40-44(33-38-66(60)69)43-17-16-20-46(39-43)68(47-34-36-53-51-23-5-4-21-49(51)50-22-6-7-24-52(50)58(53)41-47)48-35-37-64-59(42-48)56-27-10-14-31-63(56)67(64)61-29-12-8-25-54(61)55-26-9-13-30-62(55)67/h1-42H. The number of benzene rings is 12. The van der Waals surface area contributed by atoms with E-state index in [1.165, 1.54) is 104 Å². The molecule has 1 spiro atoms. The van der Waals surface area contributed by atoms with Crippen LogP contribution in [0.2, 0.25) is 0 Å². The van der Waals surface area contributed by atoms with Crippen molar-refractivity contribution in [2.75, 3.05) is 4.90 Å². The Bertz CT molecular complexity index is 4190. The van der Waals surface area contributed by atoms with Gasteiger partial charge in [-0.1, -0.05) is 188 Å². The number of fused-ring (bicyclic) bond motifs is 19. The third kappa shape index (κ3) is 5.31. The van der Waals surface area contributed by atoms with Crippen LogP contribution in [0.5, 0.6) is 0 Å². The monoisotopic (exact) mass is 874 g/mol. The quantitative estimate of drug-likeness (QED) is 0.156. The molecule has 1 heterocycles. The van der Waals surface area contributed by atoms with E-state index in [-0.39, 0.29) is 0 Å². The molecule has 13 aromatic rings. The lowest BCUT2D eigenvalue weighted by atomic mass is 9.70. The van der Waals surface area contributed by atoms with Crippen molar-refractivity contribution in [1.29, 1.82) is 0 Å². The largest absolute Gasteiger partial charge is 0.310 e. The molecule has 0 radical (unpaired) electrons. The lowest BCUT2D eigenvalue weighted by Crippen LogP contribution is -2.25. The van der Waals surface area contributed by atoms with Crippen LogP contribution < -0.4 is 4.90 Å². The molecule has 0 saturated heterocycles. The van der Waals surface area contributed by atoms with Gasteiger partial charge in [-0.15, -0.1) is 0 Å². The summed E-state index contributed by atoms with van der Waals surface area (Å²) in [5, 5.41) is 10.1. The van der Waals surface area contributed by atoms with Crippen molar-refractivity contribution in [1.82, 2.24) is 4.57 Å². The highest BCUT2D eigenvalue weighted by molar-refractivity contribution is 6.26. The highest BCUT2D eigenvalue weighted by Gasteiger charge is 2.51. The second-order valence-corrected chi connectivity index (χ2v) is 18.7. The average molecular weight is 875 g/mol. The number of para-hydroxylation sites is 2. The Hall–Kier alpha value is -8.98. The summed E-state index contributed by atoms with van der Waals surface area (Å²) >= 11 is 0. The molecule has 0 N–H and O–H groups in total. The lowest BCUT2D eigenvalue weighted by Gasteiger charge is -2.31. The summed E-state index contributed by atoms with van der Waals surface area (Å²) in [6, 6.07) is 94.9. The van der Waals surface area contributed by atoms with E-state index in [1.54, 1.807) is 0 Å². The molecule has 2 nitrogen and oxygen atoms in total. The van der Waals surface area contributed by atoms with Gasteiger partial charge in [-0.05, 0) is 155 Å². The third-order valence-corrected chi connectivity index (χ3v) is 15.3. The molecule has 0 fully saturated rings. The molecule has 0 atom stereocenters. The number of aromatic nitrogens is 1. The van der Waals surface area contributed by atoms with Crippen molar-refractivity contribution in [3.05, 3.63) is 277 Å². The predicted octanol–water partition coefficient (Wildman–Crippen LogP) is 17.7. The normalized spacial score (nSPS) is 13.0. The molecular formula is C67H42N2. The maximum Gasteiger partial charge on any atom is 0.0725 e. The van der Waals surface area contributed by atoms with Gasteiger partial charge < -0.3 is 9.47 Å². The predicted molar refractivity (Wildman–Crippen MR) is 290 cm³/mol. The van der Waals surface area contributed by atoms with E-state index in [1.807, 2.05) is 0 Å². The van der Waals surface area contributed by atoms with Crippen molar-refractivity contribution >= 4 is 71.2 Å². The number of rotatable bonds is 5. The first kappa shape index (κ1) is 38.2. The molecule has 69 heavy (non-hydrogen) atoms. The first-order chi connectivity index (χ1) is 34.2. The molecule has 0 aliphatic heterocycles. The Balaban J connectivity index is 0.959. The highest BCUT2D eigenvalue weighted by atomic mass is 15.1. The maximum absolute atomic E-state index is 2.48. The van der Waals surface area contributed by atoms with E-state index >= 15 is 0 Å². The molecular weight excluding hydrogens is 833 g/mol. The Kier molecular flexibility index (Phi) is 8.02. The summed E-state index contributed by atoms with van der Waals surface area (Å²) in [6.45, 7) is 0. The van der Waals surface area contributed by atoms with Crippen molar-refractivity contribution in [3.63, 3.8) is 0 Å². The zero-order valence-corrected chi connectivity index (χ0v) is 37.6. The van der Waals surface area contributed by atoms with Gasteiger partial charge in [-0.25, -0.2) is 0 Å². The van der Waals surface area contributed by atoms with Gasteiger partial charge in [-0.2, -0.15) is 0 Å². The van der Waals surface area contributed by atoms with Crippen molar-refractivity contribution in [3.8, 4) is 39.1 Å². The van der Waals surface area contributed by atoms with Crippen molar-refractivity contribution in [2.45, 2.75) is 5.41 Å². The Morgan fingerprint density at radius 2 is 0.739 bits per heavy atom. The van der Waals surface area contributed by atoms with Gasteiger partial charge >= 0.3 is 0 Å². The Labute approximate surface area is 400 Å². The molecule has 0 bridgehead atoms. The Morgan fingerprint density at radius 3 is 1.42 bits per heavy atom. The SMILES string of the molecule is c1ccc(-n2c3ccccc3c3cc(-c4cccc(N(c5ccc6c(c5)-c5ccccc5C65c6ccccc6-c6ccccc65)c5ccc6c7ccccc7c7ccccc7c6c5)c4)ccc32)cc1. The van der Waals surface area contributed by atoms with Gasteiger partial charge in [0, 0.05) is 33.5 Å². The fourth-order valence-electron chi connectivity index (χ4n) is 12.5. The van der Waals surface area contributed by atoms with Crippen LogP contribution in [0.25, 0.3) is 93.2 Å². The van der Waals surface area contributed by atoms with Gasteiger partial charge in [-0.3, -0.25) is 0 Å². The maximum atomic E-state index is 2.48. The van der Waals surface area contributed by atoms with Crippen LogP contribution in [0.15, 0.2) is 255 Å². The van der Waals surface area contributed by atoms with Crippen LogP contribution in [0.1, 0.15) is 22.3 Å². The molecule has 0 saturated carbocycles. The van der Waals surface area contributed by atoms with E-state index in [0.717, 1.165) is 28.3 Å². The van der Waals surface area contributed by atoms with Crippen molar-refractivity contribution in [2.24, 2.45) is 0 Å². The molecule has 2 heteroatoms. The minimum atomic E-state index is -0.409. The van der Waals surface area contributed by atoms with E-state index in [0.29, 0.717) is 0 Å². The summed E-state index contributed by atoms with van der Waals surface area (Å²) < 4.78 is 2.39. The van der Waals surface area contributed by atoms with Crippen LogP contribution in [0.3, 0.4) is 0 Å². The molecule has 1 aromatic heterocycles. The summed E-state index contributed by atoms with van der Waals surface area (Å²) in [5.41, 5.74) is 19.4. The van der Waals surface area contributed by atoms with Crippen LogP contribution in [-0.2, 0) is 5.41 Å². The first-order valence-corrected chi connectivity index (χ1v) is 24.0. The number of hydrogen-bond acceptors (Lipinski definition) is 1. The minimum Gasteiger partial charge on any atom is -0.310 e. The van der Waals surface area contributed by atoms with Crippen LogP contribution >= 0.6 is 0 Å². The highest BCUT2D eigenvalue weighted by Crippen LogP contribution is 2.63. The molecule has 2 aliphatic carbocycles. The van der Waals surface area contributed by atoms with Gasteiger partial charge in [0.25, 0.3) is 0 Å². The molecule has 2 aliphatic rings. The number of nitrogens with zero attached hydrogens (tertiary/aromatic N) is 2. The first-order valence-electron chi connectivity index (χ1n) is 24.0. The lowest BCUT2D eigenvalue weighted by molar-refractivity contribution is 0.794. The van der Waals surface area contributed by atoms with E-state index < -0.39 is 5.41 Å². The second kappa shape index (κ2) is 14.5. The third-order valence-electron chi connectivity index (χ3n) is 15.3. The Morgan fingerprint density at radius 1 is 0.261 bits per heavy atom. The molecule has 320 valence electrons. The second-order valence-electron chi connectivity index (χ2n) is 18.7. The van der Waals surface area contributed by atoms with E-state index in [4.69, 9.17) is 0 Å².